The van der Waals surface area contributed by atoms with E-state index in [-0.39, 0.29) is 11.7 Å². The van der Waals surface area contributed by atoms with Crippen LogP contribution in [0.5, 0.6) is 5.75 Å². The maximum atomic E-state index is 11.9. The van der Waals surface area contributed by atoms with Gasteiger partial charge in [-0.1, -0.05) is 0 Å². The van der Waals surface area contributed by atoms with Gasteiger partial charge in [0.25, 0.3) is 0 Å². The molecule has 1 fully saturated rings. The number of nitrogens with zero attached hydrogens (tertiary/aromatic N) is 1. The van der Waals surface area contributed by atoms with Crippen LogP contribution >= 0.6 is 12.6 Å². The van der Waals surface area contributed by atoms with Crippen molar-refractivity contribution in [1.29, 1.82) is 0 Å². The lowest BCUT2D eigenvalue weighted by Crippen LogP contribution is -2.34. The highest BCUT2D eigenvalue weighted by Gasteiger charge is 2.13. The SMILES string of the molecule is O=C(C=Cc1cc(S)ccc1O)N1CCCCC1. The van der Waals surface area contributed by atoms with Crippen LogP contribution in [0.15, 0.2) is 29.2 Å². The monoisotopic (exact) mass is 263 g/mol. The summed E-state index contributed by atoms with van der Waals surface area (Å²) in [5.74, 6) is 0.175. The van der Waals surface area contributed by atoms with E-state index in [2.05, 4.69) is 12.6 Å². The number of aromatic hydroxyl groups is 1. The number of rotatable bonds is 2. The zero-order valence-electron chi connectivity index (χ0n) is 10.2. The molecule has 18 heavy (non-hydrogen) atoms. The molecule has 4 heteroatoms. The highest BCUT2D eigenvalue weighted by molar-refractivity contribution is 7.80. The van der Waals surface area contributed by atoms with Gasteiger partial charge >= 0.3 is 0 Å². The van der Waals surface area contributed by atoms with Crippen molar-refractivity contribution in [2.24, 2.45) is 0 Å². The van der Waals surface area contributed by atoms with Crippen molar-refractivity contribution >= 4 is 24.6 Å². The molecule has 0 aliphatic carbocycles. The Kier molecular flexibility index (Phi) is 4.31. The van der Waals surface area contributed by atoms with Crippen molar-refractivity contribution in [3.05, 3.63) is 29.8 Å². The van der Waals surface area contributed by atoms with Gasteiger partial charge in [-0.3, -0.25) is 4.79 Å². The predicted molar refractivity (Wildman–Crippen MR) is 74.8 cm³/mol. The summed E-state index contributed by atoms with van der Waals surface area (Å²) < 4.78 is 0. The Balaban J connectivity index is 2.05. The van der Waals surface area contributed by atoms with Crippen LogP contribution in [-0.2, 0) is 4.79 Å². The largest absolute Gasteiger partial charge is 0.507 e. The number of phenolic OH excluding ortho intramolecular Hbond substituents is 1. The molecule has 0 aromatic heterocycles. The van der Waals surface area contributed by atoms with E-state index in [0.717, 1.165) is 30.8 Å². The molecule has 0 saturated carbocycles. The Bertz CT molecular complexity index is 465. The molecule has 1 aliphatic rings. The van der Waals surface area contributed by atoms with Crippen LogP contribution in [0, 0.1) is 0 Å². The number of piperidine rings is 1. The molecule has 1 aromatic carbocycles. The lowest BCUT2D eigenvalue weighted by molar-refractivity contribution is -0.126. The molecule has 2 rings (SSSR count). The van der Waals surface area contributed by atoms with Gasteiger partial charge in [-0.25, -0.2) is 0 Å². The van der Waals surface area contributed by atoms with Crippen molar-refractivity contribution in [3.8, 4) is 5.75 Å². The Morgan fingerprint density at radius 3 is 2.72 bits per heavy atom. The maximum Gasteiger partial charge on any atom is 0.246 e. The minimum absolute atomic E-state index is 0.0127. The van der Waals surface area contributed by atoms with Gasteiger partial charge in [-0.2, -0.15) is 0 Å². The summed E-state index contributed by atoms with van der Waals surface area (Å²) >= 11 is 4.21. The summed E-state index contributed by atoms with van der Waals surface area (Å²) in [5.41, 5.74) is 0.618. The van der Waals surface area contributed by atoms with E-state index in [9.17, 15) is 9.90 Å². The van der Waals surface area contributed by atoms with Crippen molar-refractivity contribution in [1.82, 2.24) is 4.90 Å². The smallest absolute Gasteiger partial charge is 0.246 e. The molecule has 0 radical (unpaired) electrons. The Hall–Kier alpha value is -1.42. The third kappa shape index (κ3) is 3.29. The number of amides is 1. The van der Waals surface area contributed by atoms with Crippen LogP contribution in [0.1, 0.15) is 24.8 Å². The maximum absolute atomic E-state index is 11.9. The summed E-state index contributed by atoms with van der Waals surface area (Å²) in [6.07, 6.45) is 6.53. The highest BCUT2D eigenvalue weighted by atomic mass is 32.1. The van der Waals surface area contributed by atoms with Gasteiger partial charge in [0.05, 0.1) is 0 Å². The molecule has 0 spiro atoms. The van der Waals surface area contributed by atoms with E-state index in [1.165, 1.54) is 12.5 Å². The molecule has 3 nitrogen and oxygen atoms in total. The van der Waals surface area contributed by atoms with Crippen molar-refractivity contribution in [2.75, 3.05) is 13.1 Å². The quantitative estimate of drug-likeness (QED) is 0.636. The molecule has 1 N–H and O–H groups in total. The van der Waals surface area contributed by atoms with E-state index in [1.54, 1.807) is 24.3 Å². The van der Waals surface area contributed by atoms with Crippen LogP contribution in [0.4, 0.5) is 0 Å². The lowest BCUT2D eigenvalue weighted by atomic mass is 10.1. The molecule has 0 unspecified atom stereocenters. The fraction of sp³-hybridized carbons (Fsp3) is 0.357. The zero-order chi connectivity index (χ0) is 13.0. The topological polar surface area (TPSA) is 40.5 Å². The van der Waals surface area contributed by atoms with Gasteiger partial charge in [0.15, 0.2) is 0 Å². The van der Waals surface area contributed by atoms with Gasteiger partial charge in [-0.05, 0) is 43.5 Å². The molecule has 1 aromatic rings. The van der Waals surface area contributed by atoms with Crippen LogP contribution in [0.25, 0.3) is 6.08 Å². The van der Waals surface area contributed by atoms with E-state index >= 15 is 0 Å². The average molecular weight is 263 g/mol. The van der Waals surface area contributed by atoms with Crippen molar-refractivity contribution in [3.63, 3.8) is 0 Å². The first-order valence-corrected chi connectivity index (χ1v) is 6.60. The van der Waals surface area contributed by atoms with Crippen LogP contribution in [0.3, 0.4) is 0 Å². The molecule has 1 amide bonds. The second-order valence-electron chi connectivity index (χ2n) is 4.46. The molecule has 1 heterocycles. The summed E-state index contributed by atoms with van der Waals surface area (Å²) in [7, 11) is 0. The fourth-order valence-corrected chi connectivity index (χ4v) is 2.27. The first-order chi connectivity index (χ1) is 8.66. The van der Waals surface area contributed by atoms with Gasteiger partial charge < -0.3 is 10.0 Å². The number of thiol groups is 1. The van der Waals surface area contributed by atoms with E-state index in [4.69, 9.17) is 0 Å². The summed E-state index contributed by atoms with van der Waals surface area (Å²) in [4.78, 5) is 14.5. The third-order valence-electron chi connectivity index (χ3n) is 3.08. The number of carbonyl (C=O) groups excluding carboxylic acids is 1. The number of hydrogen-bond acceptors (Lipinski definition) is 3. The average Bonchev–Trinajstić information content (AvgIpc) is 2.40. The van der Waals surface area contributed by atoms with E-state index in [1.807, 2.05) is 4.90 Å². The number of benzene rings is 1. The van der Waals surface area contributed by atoms with Gasteiger partial charge in [0, 0.05) is 29.6 Å². The summed E-state index contributed by atoms with van der Waals surface area (Å²) in [6, 6.07) is 5.02. The normalized spacial score (nSPS) is 16.2. The van der Waals surface area contributed by atoms with Gasteiger partial charge in [0.1, 0.15) is 5.75 Å². The summed E-state index contributed by atoms with van der Waals surface area (Å²) in [6.45, 7) is 1.67. The minimum atomic E-state index is 0.0127. The second-order valence-corrected chi connectivity index (χ2v) is 4.98. The molecule has 1 aliphatic heterocycles. The van der Waals surface area contributed by atoms with Crippen LogP contribution in [-0.4, -0.2) is 29.0 Å². The molecule has 1 saturated heterocycles. The number of carbonyl (C=O) groups is 1. The number of likely N-dealkylation sites (tertiary alicyclic amines) is 1. The lowest BCUT2D eigenvalue weighted by Gasteiger charge is -2.25. The molecule has 0 atom stereocenters. The van der Waals surface area contributed by atoms with Gasteiger partial charge in [-0.15, -0.1) is 12.6 Å². The van der Waals surface area contributed by atoms with Gasteiger partial charge in [0.2, 0.25) is 5.91 Å². The molecule has 0 bridgehead atoms. The van der Waals surface area contributed by atoms with Crippen LogP contribution in [0.2, 0.25) is 0 Å². The number of hydrogen-bond donors (Lipinski definition) is 2. The standard InChI is InChI=1S/C14H17NO2S/c16-13-6-5-12(18)10-11(13)4-7-14(17)15-8-2-1-3-9-15/h4-7,10,16,18H,1-3,8-9H2. The zero-order valence-corrected chi connectivity index (χ0v) is 11.1. The first kappa shape index (κ1) is 13.0. The molecule has 96 valence electrons. The van der Waals surface area contributed by atoms with E-state index < -0.39 is 0 Å². The highest BCUT2D eigenvalue weighted by Crippen LogP contribution is 2.22. The van der Waals surface area contributed by atoms with Crippen molar-refractivity contribution in [2.45, 2.75) is 24.2 Å². The van der Waals surface area contributed by atoms with Crippen LogP contribution < -0.4 is 0 Å². The second kappa shape index (κ2) is 5.96. The minimum Gasteiger partial charge on any atom is -0.507 e. The Labute approximate surface area is 113 Å². The molecular formula is C14H17NO2S. The molecular weight excluding hydrogens is 246 g/mol. The first-order valence-electron chi connectivity index (χ1n) is 6.16. The van der Waals surface area contributed by atoms with Crippen molar-refractivity contribution < 1.29 is 9.90 Å². The fourth-order valence-electron chi connectivity index (χ4n) is 2.06. The summed E-state index contributed by atoms with van der Waals surface area (Å²) in [5, 5.41) is 9.65. The van der Waals surface area contributed by atoms with E-state index in [0.29, 0.717) is 5.56 Å². The Morgan fingerprint density at radius 2 is 2.00 bits per heavy atom. The number of phenols is 1. The predicted octanol–water partition coefficient (Wildman–Crippen LogP) is 2.71. The Morgan fingerprint density at radius 1 is 1.28 bits per heavy atom. The third-order valence-corrected chi connectivity index (χ3v) is 3.36.